The highest BCUT2D eigenvalue weighted by Crippen LogP contribution is 2.31. The minimum atomic E-state index is -0.000397. The Morgan fingerprint density at radius 3 is 2.66 bits per heavy atom. The number of rotatable bonds is 6. The molecule has 1 aliphatic rings. The van der Waals surface area contributed by atoms with Crippen LogP contribution in [0, 0.1) is 6.92 Å². The van der Waals surface area contributed by atoms with Gasteiger partial charge in [-0.3, -0.25) is 9.79 Å². The van der Waals surface area contributed by atoms with Crippen molar-refractivity contribution in [2.75, 3.05) is 38.7 Å². The largest absolute Gasteiger partial charge is 0.482 e. The number of benzene rings is 2. The predicted octanol–water partition coefficient (Wildman–Crippen LogP) is 3.44. The van der Waals surface area contributed by atoms with E-state index in [1.165, 1.54) is 11.1 Å². The van der Waals surface area contributed by atoms with Crippen molar-refractivity contribution in [2.24, 2.45) is 4.99 Å². The Morgan fingerprint density at radius 1 is 1.21 bits per heavy atom. The van der Waals surface area contributed by atoms with Crippen LogP contribution in [0.25, 0.3) is 0 Å². The zero-order valence-corrected chi connectivity index (χ0v) is 19.6. The van der Waals surface area contributed by atoms with E-state index < -0.39 is 0 Å². The molecule has 2 aromatic carbocycles. The van der Waals surface area contributed by atoms with Crippen LogP contribution >= 0.6 is 24.0 Å². The number of halogens is 1. The lowest BCUT2D eigenvalue weighted by molar-refractivity contribution is -0.121. The molecule has 1 aliphatic heterocycles. The summed E-state index contributed by atoms with van der Waals surface area (Å²) >= 11 is 0. The SMILES string of the molecule is CN=C(NCCCN1C(=O)COc2ccccc21)N(C)Cc1ccc(C)cc1.I. The highest BCUT2D eigenvalue weighted by molar-refractivity contribution is 14.0. The molecule has 0 fully saturated rings. The van der Waals surface area contributed by atoms with Crippen molar-refractivity contribution < 1.29 is 9.53 Å². The molecule has 0 atom stereocenters. The maximum absolute atomic E-state index is 12.2. The molecule has 7 heteroatoms. The predicted molar refractivity (Wildman–Crippen MR) is 128 cm³/mol. The first-order valence-electron chi connectivity index (χ1n) is 9.58. The quantitative estimate of drug-likeness (QED) is 0.281. The lowest BCUT2D eigenvalue weighted by Crippen LogP contribution is -2.42. The summed E-state index contributed by atoms with van der Waals surface area (Å²) in [6.07, 6.45) is 0.817. The van der Waals surface area contributed by atoms with E-state index in [1.807, 2.05) is 31.3 Å². The van der Waals surface area contributed by atoms with Crippen LogP contribution in [0.4, 0.5) is 5.69 Å². The van der Waals surface area contributed by atoms with Gasteiger partial charge in [0.2, 0.25) is 0 Å². The molecule has 0 aromatic heterocycles. The number of carbonyl (C=O) groups excluding carboxylic acids is 1. The molecular formula is C22H29IN4O2. The molecule has 1 heterocycles. The van der Waals surface area contributed by atoms with Crippen LogP contribution in [0.3, 0.4) is 0 Å². The zero-order valence-electron chi connectivity index (χ0n) is 17.2. The first-order valence-corrected chi connectivity index (χ1v) is 9.58. The standard InChI is InChI=1S/C22H28N4O2.HI/c1-17-9-11-18(12-10-17)15-25(3)22(23-2)24-13-6-14-26-19-7-4-5-8-20(19)28-16-21(26)27;/h4-5,7-12H,6,13-16H2,1-3H3,(H,23,24);1H. The number of aliphatic imine (C=N–C) groups is 1. The molecule has 3 rings (SSSR count). The van der Waals surface area contributed by atoms with E-state index in [1.54, 1.807) is 11.9 Å². The zero-order chi connectivity index (χ0) is 19.9. The summed E-state index contributed by atoms with van der Waals surface area (Å²) in [6, 6.07) is 16.2. The van der Waals surface area contributed by atoms with Crippen molar-refractivity contribution in [3.63, 3.8) is 0 Å². The van der Waals surface area contributed by atoms with Crippen LogP contribution in [-0.2, 0) is 11.3 Å². The van der Waals surface area contributed by atoms with E-state index in [4.69, 9.17) is 4.74 Å². The molecule has 0 radical (unpaired) electrons. The molecule has 0 aliphatic carbocycles. The first-order chi connectivity index (χ1) is 13.6. The number of aryl methyl sites for hydroxylation is 1. The summed E-state index contributed by atoms with van der Waals surface area (Å²) in [5, 5.41) is 3.39. The van der Waals surface area contributed by atoms with Gasteiger partial charge < -0.3 is 19.9 Å². The number of fused-ring (bicyclic) bond motifs is 1. The third kappa shape index (κ3) is 6.09. The summed E-state index contributed by atoms with van der Waals surface area (Å²) in [7, 11) is 3.81. The summed E-state index contributed by atoms with van der Waals surface area (Å²) in [5.74, 6) is 1.61. The smallest absolute Gasteiger partial charge is 0.265 e. The summed E-state index contributed by atoms with van der Waals surface area (Å²) in [5.41, 5.74) is 3.35. The highest BCUT2D eigenvalue weighted by atomic mass is 127. The van der Waals surface area contributed by atoms with Gasteiger partial charge in [-0.1, -0.05) is 42.0 Å². The molecule has 6 nitrogen and oxygen atoms in total. The van der Waals surface area contributed by atoms with E-state index in [9.17, 15) is 4.79 Å². The van der Waals surface area contributed by atoms with Gasteiger partial charge >= 0.3 is 0 Å². The molecule has 0 unspecified atom stereocenters. The molecule has 0 spiro atoms. The van der Waals surface area contributed by atoms with Crippen LogP contribution in [0.15, 0.2) is 53.5 Å². The number of para-hydroxylation sites is 2. The van der Waals surface area contributed by atoms with Crippen molar-refractivity contribution in [3.05, 3.63) is 59.7 Å². The maximum atomic E-state index is 12.2. The Hall–Kier alpha value is -2.29. The first kappa shape index (κ1) is 23.0. The average molecular weight is 508 g/mol. The molecule has 0 saturated heterocycles. The van der Waals surface area contributed by atoms with Crippen molar-refractivity contribution in [1.82, 2.24) is 10.2 Å². The van der Waals surface area contributed by atoms with Crippen LogP contribution < -0.4 is 15.0 Å². The van der Waals surface area contributed by atoms with Crippen LogP contribution in [0.2, 0.25) is 0 Å². The van der Waals surface area contributed by atoms with E-state index in [2.05, 4.69) is 46.4 Å². The Kier molecular flexibility index (Phi) is 8.75. The third-order valence-corrected chi connectivity index (χ3v) is 4.76. The number of nitrogens with one attached hydrogen (secondary N) is 1. The van der Waals surface area contributed by atoms with Gasteiger partial charge in [-0.25, -0.2) is 0 Å². The van der Waals surface area contributed by atoms with Crippen LogP contribution in [0.5, 0.6) is 5.75 Å². The Morgan fingerprint density at radius 2 is 1.93 bits per heavy atom. The van der Waals surface area contributed by atoms with Crippen molar-refractivity contribution in [3.8, 4) is 5.75 Å². The summed E-state index contributed by atoms with van der Waals surface area (Å²) < 4.78 is 5.49. The molecule has 1 amide bonds. The minimum Gasteiger partial charge on any atom is -0.482 e. The minimum absolute atomic E-state index is 0. The van der Waals surface area contributed by atoms with Gasteiger partial charge in [0.25, 0.3) is 5.91 Å². The van der Waals surface area contributed by atoms with E-state index in [-0.39, 0.29) is 36.5 Å². The Labute approximate surface area is 190 Å². The van der Waals surface area contributed by atoms with E-state index >= 15 is 0 Å². The average Bonchev–Trinajstić information content (AvgIpc) is 2.71. The number of hydrogen-bond donors (Lipinski definition) is 1. The fraction of sp³-hybridized carbons (Fsp3) is 0.364. The topological polar surface area (TPSA) is 57.2 Å². The highest BCUT2D eigenvalue weighted by Gasteiger charge is 2.24. The third-order valence-electron chi connectivity index (χ3n) is 4.76. The van der Waals surface area contributed by atoms with Crippen molar-refractivity contribution in [1.29, 1.82) is 0 Å². The number of carbonyl (C=O) groups is 1. The Balaban J connectivity index is 0.00000300. The van der Waals surface area contributed by atoms with Gasteiger partial charge in [0, 0.05) is 33.7 Å². The molecular weight excluding hydrogens is 479 g/mol. The van der Waals surface area contributed by atoms with Crippen molar-refractivity contribution in [2.45, 2.75) is 19.9 Å². The van der Waals surface area contributed by atoms with Gasteiger partial charge in [0.15, 0.2) is 12.6 Å². The summed E-state index contributed by atoms with van der Waals surface area (Å²) in [6.45, 7) is 4.36. The lowest BCUT2D eigenvalue weighted by Gasteiger charge is -2.29. The second-order valence-electron chi connectivity index (χ2n) is 6.97. The Bertz CT molecular complexity index is 839. The second kappa shape index (κ2) is 11.0. The molecule has 0 saturated carbocycles. The number of anilines is 1. The second-order valence-corrected chi connectivity index (χ2v) is 6.97. The van der Waals surface area contributed by atoms with Crippen molar-refractivity contribution >= 4 is 41.5 Å². The summed E-state index contributed by atoms with van der Waals surface area (Å²) in [4.78, 5) is 20.5. The molecule has 156 valence electrons. The van der Waals surface area contributed by atoms with Gasteiger partial charge in [-0.15, -0.1) is 24.0 Å². The fourth-order valence-electron chi connectivity index (χ4n) is 3.26. The molecule has 29 heavy (non-hydrogen) atoms. The fourth-order valence-corrected chi connectivity index (χ4v) is 3.26. The van der Waals surface area contributed by atoms with Crippen LogP contribution in [-0.4, -0.2) is 50.6 Å². The number of ether oxygens (including phenoxy) is 1. The maximum Gasteiger partial charge on any atom is 0.265 e. The van der Waals surface area contributed by atoms with E-state index in [0.29, 0.717) is 6.54 Å². The molecule has 0 bridgehead atoms. The number of guanidine groups is 1. The number of nitrogens with zero attached hydrogens (tertiary/aromatic N) is 3. The molecule has 1 N–H and O–H groups in total. The van der Waals surface area contributed by atoms with Gasteiger partial charge in [-0.05, 0) is 31.0 Å². The van der Waals surface area contributed by atoms with Gasteiger partial charge in [0.05, 0.1) is 5.69 Å². The van der Waals surface area contributed by atoms with E-state index in [0.717, 1.165) is 36.9 Å². The van der Waals surface area contributed by atoms with Gasteiger partial charge in [-0.2, -0.15) is 0 Å². The number of hydrogen-bond acceptors (Lipinski definition) is 3. The normalized spacial score (nSPS) is 13.3. The number of amides is 1. The van der Waals surface area contributed by atoms with Crippen LogP contribution in [0.1, 0.15) is 17.5 Å². The molecule has 2 aromatic rings. The lowest BCUT2D eigenvalue weighted by atomic mass is 10.1. The van der Waals surface area contributed by atoms with Gasteiger partial charge in [0.1, 0.15) is 5.75 Å². The monoisotopic (exact) mass is 508 g/mol.